The number of methoxy groups -OCH3 is 1. The Balaban J connectivity index is 1.85. The second kappa shape index (κ2) is 9.65. The Bertz CT molecular complexity index is 813. The first-order valence-electron chi connectivity index (χ1n) is 10.1. The van der Waals surface area contributed by atoms with E-state index >= 15 is 0 Å². The van der Waals surface area contributed by atoms with Gasteiger partial charge in [-0.2, -0.15) is 0 Å². The Hall–Kier alpha value is -2.46. The zero-order valence-electron chi connectivity index (χ0n) is 16.8. The molecule has 1 saturated heterocycles. The highest BCUT2D eigenvalue weighted by molar-refractivity contribution is 6.15. The van der Waals surface area contributed by atoms with Crippen LogP contribution in [0.4, 0.5) is 0 Å². The summed E-state index contributed by atoms with van der Waals surface area (Å²) >= 11 is 0. The fraction of sp³-hybridized carbons (Fsp3) is 0.417. The van der Waals surface area contributed by atoms with Crippen molar-refractivity contribution < 1.29 is 14.3 Å². The Morgan fingerprint density at radius 3 is 2.46 bits per heavy atom. The van der Waals surface area contributed by atoms with Crippen LogP contribution in [0, 0.1) is 6.92 Å². The number of ether oxygens (including phenoxy) is 1. The summed E-state index contributed by atoms with van der Waals surface area (Å²) in [7, 11) is 1.71. The summed E-state index contributed by atoms with van der Waals surface area (Å²) < 4.78 is 5.17. The molecule has 4 nitrogen and oxygen atoms in total. The van der Waals surface area contributed by atoms with E-state index in [0.29, 0.717) is 23.3 Å². The number of nitrogens with zero attached hydrogens (tertiary/aromatic N) is 1. The van der Waals surface area contributed by atoms with Crippen molar-refractivity contribution in [3.8, 4) is 0 Å². The second-order valence-corrected chi connectivity index (χ2v) is 7.52. The van der Waals surface area contributed by atoms with Gasteiger partial charge in [0.1, 0.15) is 0 Å². The van der Waals surface area contributed by atoms with Gasteiger partial charge in [0.15, 0.2) is 5.78 Å². The van der Waals surface area contributed by atoms with Gasteiger partial charge in [-0.3, -0.25) is 9.59 Å². The van der Waals surface area contributed by atoms with Gasteiger partial charge in [-0.05, 0) is 45.1 Å². The molecule has 28 heavy (non-hydrogen) atoms. The first-order chi connectivity index (χ1) is 13.6. The van der Waals surface area contributed by atoms with E-state index in [4.69, 9.17) is 4.74 Å². The van der Waals surface area contributed by atoms with Gasteiger partial charge in [-0.1, -0.05) is 48.0 Å². The van der Waals surface area contributed by atoms with Crippen molar-refractivity contribution in [2.45, 2.75) is 45.1 Å². The van der Waals surface area contributed by atoms with Crippen LogP contribution in [0.15, 0.2) is 48.5 Å². The minimum atomic E-state index is -0.100. The van der Waals surface area contributed by atoms with Crippen LogP contribution in [0.1, 0.15) is 63.9 Å². The number of benzene rings is 2. The molecule has 1 heterocycles. The number of carbonyl (C=O) groups is 2. The number of amides is 1. The highest BCUT2D eigenvalue weighted by Gasteiger charge is 2.29. The fourth-order valence-corrected chi connectivity index (χ4v) is 3.91. The minimum Gasteiger partial charge on any atom is -0.385 e. The summed E-state index contributed by atoms with van der Waals surface area (Å²) in [6.45, 7) is 3.45. The molecule has 1 fully saturated rings. The van der Waals surface area contributed by atoms with Crippen LogP contribution in [0.5, 0.6) is 0 Å². The monoisotopic (exact) mass is 379 g/mol. The van der Waals surface area contributed by atoms with E-state index in [0.717, 1.165) is 44.2 Å². The molecule has 1 atom stereocenters. The van der Waals surface area contributed by atoms with Crippen molar-refractivity contribution in [1.82, 2.24) is 4.90 Å². The molecular weight excluding hydrogens is 350 g/mol. The Kier molecular flexibility index (Phi) is 6.99. The van der Waals surface area contributed by atoms with Crippen molar-refractivity contribution in [1.29, 1.82) is 0 Å². The SMILES string of the molecule is COCCC[C@@H]1CCCCN1C(=O)c1ccccc1C(=O)c1ccc(C)cc1. The molecule has 2 aromatic rings. The van der Waals surface area contributed by atoms with Gasteiger partial charge in [-0.15, -0.1) is 0 Å². The smallest absolute Gasteiger partial charge is 0.254 e. The average Bonchev–Trinajstić information content (AvgIpc) is 2.74. The molecule has 1 aliphatic rings. The minimum absolute atomic E-state index is 0.0295. The number of piperidine rings is 1. The van der Waals surface area contributed by atoms with Crippen molar-refractivity contribution in [2.75, 3.05) is 20.3 Å². The standard InChI is InChI=1S/C24H29NO3/c1-18-12-14-19(15-13-18)23(26)21-10-3-4-11-22(21)24(27)25-16-6-5-8-20(25)9-7-17-28-2/h3-4,10-15,20H,5-9,16-17H2,1-2H3/t20-/m0/s1. The van der Waals surface area contributed by atoms with Gasteiger partial charge in [-0.25, -0.2) is 0 Å². The van der Waals surface area contributed by atoms with Crippen LogP contribution in [0.2, 0.25) is 0 Å². The number of hydrogen-bond donors (Lipinski definition) is 0. The summed E-state index contributed by atoms with van der Waals surface area (Å²) in [4.78, 5) is 28.4. The van der Waals surface area contributed by atoms with E-state index in [9.17, 15) is 9.59 Å². The number of aryl methyl sites for hydroxylation is 1. The van der Waals surface area contributed by atoms with E-state index in [1.807, 2.05) is 48.2 Å². The van der Waals surface area contributed by atoms with E-state index < -0.39 is 0 Å². The number of rotatable bonds is 7. The maximum atomic E-state index is 13.4. The quantitative estimate of drug-likeness (QED) is 0.520. The van der Waals surface area contributed by atoms with Crippen LogP contribution in [-0.2, 0) is 4.74 Å². The van der Waals surface area contributed by atoms with Crippen molar-refractivity contribution in [3.63, 3.8) is 0 Å². The summed E-state index contributed by atoms with van der Waals surface area (Å²) in [6, 6.07) is 14.9. The molecule has 0 aromatic heterocycles. The van der Waals surface area contributed by atoms with Crippen molar-refractivity contribution in [2.24, 2.45) is 0 Å². The van der Waals surface area contributed by atoms with Crippen LogP contribution in [0.25, 0.3) is 0 Å². The molecule has 148 valence electrons. The fourth-order valence-electron chi connectivity index (χ4n) is 3.91. The third kappa shape index (κ3) is 4.68. The number of likely N-dealkylation sites (tertiary alicyclic amines) is 1. The van der Waals surface area contributed by atoms with Gasteiger partial charge in [0, 0.05) is 37.4 Å². The Morgan fingerprint density at radius 2 is 1.75 bits per heavy atom. The molecule has 0 N–H and O–H groups in total. The van der Waals surface area contributed by atoms with Gasteiger partial charge in [0.25, 0.3) is 5.91 Å². The molecule has 0 spiro atoms. The lowest BCUT2D eigenvalue weighted by Gasteiger charge is -2.36. The first-order valence-corrected chi connectivity index (χ1v) is 10.1. The van der Waals surface area contributed by atoms with Gasteiger partial charge in [0.2, 0.25) is 0 Å². The largest absolute Gasteiger partial charge is 0.385 e. The number of carbonyl (C=O) groups excluding carboxylic acids is 2. The predicted molar refractivity (Wildman–Crippen MR) is 111 cm³/mol. The lowest BCUT2D eigenvalue weighted by atomic mass is 9.94. The van der Waals surface area contributed by atoms with E-state index in [1.54, 1.807) is 19.2 Å². The van der Waals surface area contributed by atoms with Crippen LogP contribution >= 0.6 is 0 Å². The topological polar surface area (TPSA) is 46.6 Å². The summed E-state index contributed by atoms with van der Waals surface area (Å²) in [5.74, 6) is -0.130. The van der Waals surface area contributed by atoms with E-state index in [-0.39, 0.29) is 17.7 Å². The van der Waals surface area contributed by atoms with Crippen LogP contribution < -0.4 is 0 Å². The highest BCUT2D eigenvalue weighted by atomic mass is 16.5. The molecule has 0 radical (unpaired) electrons. The lowest BCUT2D eigenvalue weighted by Crippen LogP contribution is -2.44. The van der Waals surface area contributed by atoms with Gasteiger partial charge >= 0.3 is 0 Å². The highest BCUT2D eigenvalue weighted by Crippen LogP contribution is 2.25. The Labute approximate surface area is 167 Å². The molecule has 2 aromatic carbocycles. The lowest BCUT2D eigenvalue weighted by molar-refractivity contribution is 0.0582. The molecule has 1 amide bonds. The van der Waals surface area contributed by atoms with Gasteiger partial charge < -0.3 is 9.64 Å². The molecule has 4 heteroatoms. The van der Waals surface area contributed by atoms with E-state index in [1.165, 1.54) is 0 Å². The molecule has 0 saturated carbocycles. The normalized spacial score (nSPS) is 16.8. The molecule has 3 rings (SSSR count). The van der Waals surface area contributed by atoms with Crippen molar-refractivity contribution >= 4 is 11.7 Å². The van der Waals surface area contributed by atoms with Gasteiger partial charge in [0.05, 0.1) is 5.56 Å². The van der Waals surface area contributed by atoms with E-state index in [2.05, 4.69) is 0 Å². The zero-order chi connectivity index (χ0) is 19.9. The maximum absolute atomic E-state index is 13.4. The molecule has 0 unspecified atom stereocenters. The average molecular weight is 380 g/mol. The zero-order valence-corrected chi connectivity index (χ0v) is 16.8. The molecule has 1 aliphatic heterocycles. The predicted octanol–water partition coefficient (Wildman–Crippen LogP) is 4.65. The first kappa shape index (κ1) is 20.3. The third-order valence-corrected chi connectivity index (χ3v) is 5.49. The van der Waals surface area contributed by atoms with Crippen LogP contribution in [-0.4, -0.2) is 42.9 Å². The summed E-state index contributed by atoms with van der Waals surface area (Å²) in [5, 5.41) is 0. The van der Waals surface area contributed by atoms with Crippen molar-refractivity contribution in [3.05, 3.63) is 70.8 Å². The number of hydrogen-bond acceptors (Lipinski definition) is 3. The summed E-state index contributed by atoms with van der Waals surface area (Å²) in [6.07, 6.45) is 5.05. The summed E-state index contributed by atoms with van der Waals surface area (Å²) in [5.41, 5.74) is 2.71. The molecule has 0 aliphatic carbocycles. The Morgan fingerprint density at radius 1 is 1.04 bits per heavy atom. The molecule has 0 bridgehead atoms. The maximum Gasteiger partial charge on any atom is 0.254 e. The molecular formula is C24H29NO3. The second-order valence-electron chi connectivity index (χ2n) is 7.52. The number of ketones is 1. The van der Waals surface area contributed by atoms with Crippen LogP contribution in [0.3, 0.4) is 0 Å². The third-order valence-electron chi connectivity index (χ3n) is 5.49.